The molecule has 0 saturated heterocycles. The predicted octanol–water partition coefficient (Wildman–Crippen LogP) is 1.90. The minimum Gasteiger partial charge on any atom is -0.277 e. The Kier molecular flexibility index (Phi) is 5.34. The first-order chi connectivity index (χ1) is 5.59. The molecule has 3 nitrogen and oxygen atoms in total. The van der Waals surface area contributed by atoms with Crippen molar-refractivity contribution in [3.8, 4) is 0 Å². The number of hydrazone groups is 1. The first-order valence-electron chi connectivity index (χ1n) is 4.33. The Hall–Kier alpha value is -0.860. The van der Waals surface area contributed by atoms with Crippen LogP contribution in [0.5, 0.6) is 0 Å². The summed E-state index contributed by atoms with van der Waals surface area (Å²) in [6.07, 6.45) is 1.59. The second kappa shape index (κ2) is 5.75. The molecule has 0 rings (SSSR count). The molecule has 3 heteroatoms. The first-order valence-corrected chi connectivity index (χ1v) is 4.33. The summed E-state index contributed by atoms with van der Waals surface area (Å²) >= 11 is 0. The van der Waals surface area contributed by atoms with Crippen molar-refractivity contribution in [2.45, 2.75) is 27.7 Å². The van der Waals surface area contributed by atoms with E-state index in [2.05, 4.69) is 43.2 Å². The van der Waals surface area contributed by atoms with Gasteiger partial charge in [0.1, 0.15) is 6.34 Å². The molecule has 0 aliphatic heterocycles. The lowest BCUT2D eigenvalue weighted by atomic mass is 9.98. The Morgan fingerprint density at radius 2 is 1.67 bits per heavy atom. The van der Waals surface area contributed by atoms with E-state index in [0.717, 1.165) is 0 Å². The molecule has 0 amide bonds. The van der Waals surface area contributed by atoms with Crippen LogP contribution in [0.4, 0.5) is 0 Å². The van der Waals surface area contributed by atoms with E-state index in [1.807, 2.05) is 0 Å². The van der Waals surface area contributed by atoms with Crippen LogP contribution < -0.4 is 5.43 Å². The van der Waals surface area contributed by atoms with E-state index in [1.165, 1.54) is 5.71 Å². The SMILES string of the molecule is CN=CNN=C(C(C)C)C(C)C. The molecule has 0 saturated carbocycles. The molecule has 70 valence electrons. The summed E-state index contributed by atoms with van der Waals surface area (Å²) in [4.78, 5) is 3.78. The predicted molar refractivity (Wildman–Crippen MR) is 54.7 cm³/mol. The normalized spacial score (nSPS) is 11.2. The number of hydrogen-bond acceptors (Lipinski definition) is 2. The minimum atomic E-state index is 0.489. The summed E-state index contributed by atoms with van der Waals surface area (Å²) in [5.74, 6) is 0.977. The second-order valence-corrected chi connectivity index (χ2v) is 3.36. The van der Waals surface area contributed by atoms with Gasteiger partial charge < -0.3 is 0 Å². The van der Waals surface area contributed by atoms with E-state index in [0.29, 0.717) is 11.8 Å². The molecule has 0 aromatic carbocycles. The van der Waals surface area contributed by atoms with Gasteiger partial charge in [-0.15, -0.1) is 0 Å². The van der Waals surface area contributed by atoms with Crippen LogP contribution >= 0.6 is 0 Å². The standard InChI is InChI=1S/C9H19N3/c1-7(2)9(8(3)4)12-11-6-10-5/h6-8H,1-5H3,(H,10,11). The largest absolute Gasteiger partial charge is 0.277 e. The lowest BCUT2D eigenvalue weighted by Gasteiger charge is -2.12. The third-order valence-corrected chi connectivity index (χ3v) is 1.56. The summed E-state index contributed by atoms with van der Waals surface area (Å²) in [6.45, 7) is 8.57. The van der Waals surface area contributed by atoms with Gasteiger partial charge in [-0.3, -0.25) is 10.4 Å². The zero-order valence-corrected chi connectivity index (χ0v) is 8.63. The summed E-state index contributed by atoms with van der Waals surface area (Å²) in [7, 11) is 1.72. The van der Waals surface area contributed by atoms with Crippen LogP contribution in [0.3, 0.4) is 0 Å². The van der Waals surface area contributed by atoms with Crippen LogP contribution in [-0.2, 0) is 0 Å². The van der Waals surface area contributed by atoms with Gasteiger partial charge in [0.05, 0.1) is 0 Å². The maximum Gasteiger partial charge on any atom is 0.103 e. The van der Waals surface area contributed by atoms with Crippen LogP contribution in [0.1, 0.15) is 27.7 Å². The minimum absolute atomic E-state index is 0.489. The molecule has 1 N–H and O–H groups in total. The van der Waals surface area contributed by atoms with Crippen molar-refractivity contribution in [2.24, 2.45) is 21.9 Å². The molecule has 0 heterocycles. The molecular weight excluding hydrogens is 150 g/mol. The van der Waals surface area contributed by atoms with Crippen LogP contribution in [0.25, 0.3) is 0 Å². The quantitative estimate of drug-likeness (QED) is 0.389. The molecule has 0 fully saturated rings. The Morgan fingerprint density at radius 1 is 1.17 bits per heavy atom. The zero-order chi connectivity index (χ0) is 9.56. The van der Waals surface area contributed by atoms with Gasteiger partial charge in [0.15, 0.2) is 0 Å². The maximum atomic E-state index is 4.23. The Morgan fingerprint density at radius 3 is 2.00 bits per heavy atom. The lowest BCUT2D eigenvalue weighted by molar-refractivity contribution is 0.748. The van der Waals surface area contributed by atoms with E-state index in [9.17, 15) is 0 Å². The lowest BCUT2D eigenvalue weighted by Crippen LogP contribution is -2.19. The van der Waals surface area contributed by atoms with E-state index in [-0.39, 0.29) is 0 Å². The van der Waals surface area contributed by atoms with Gasteiger partial charge in [-0.2, -0.15) is 5.10 Å². The van der Waals surface area contributed by atoms with Gasteiger partial charge in [-0.05, 0) is 11.8 Å². The Labute approximate surface area is 75.0 Å². The zero-order valence-electron chi connectivity index (χ0n) is 8.63. The highest BCUT2D eigenvalue weighted by atomic mass is 15.3. The number of nitrogens with zero attached hydrogens (tertiary/aromatic N) is 2. The van der Waals surface area contributed by atoms with Crippen molar-refractivity contribution in [2.75, 3.05) is 7.05 Å². The second-order valence-electron chi connectivity index (χ2n) is 3.36. The maximum absolute atomic E-state index is 4.23. The van der Waals surface area contributed by atoms with Crippen molar-refractivity contribution in [3.05, 3.63) is 0 Å². The third kappa shape index (κ3) is 4.11. The van der Waals surface area contributed by atoms with Crippen molar-refractivity contribution >= 4 is 12.1 Å². The van der Waals surface area contributed by atoms with Crippen molar-refractivity contribution in [3.63, 3.8) is 0 Å². The van der Waals surface area contributed by atoms with Crippen LogP contribution in [0, 0.1) is 11.8 Å². The van der Waals surface area contributed by atoms with E-state index >= 15 is 0 Å². The fourth-order valence-electron chi connectivity index (χ4n) is 1.09. The smallest absolute Gasteiger partial charge is 0.103 e. The van der Waals surface area contributed by atoms with Crippen molar-refractivity contribution in [1.29, 1.82) is 0 Å². The molecule has 0 aliphatic rings. The Balaban J connectivity index is 4.19. The van der Waals surface area contributed by atoms with Crippen LogP contribution in [0.2, 0.25) is 0 Å². The molecule has 12 heavy (non-hydrogen) atoms. The van der Waals surface area contributed by atoms with E-state index < -0.39 is 0 Å². The highest BCUT2D eigenvalue weighted by Crippen LogP contribution is 2.06. The van der Waals surface area contributed by atoms with Gasteiger partial charge in [-0.25, -0.2) is 0 Å². The van der Waals surface area contributed by atoms with Gasteiger partial charge in [0.2, 0.25) is 0 Å². The number of aliphatic imine (C=N–C) groups is 1. The Bertz CT molecular complexity index is 159. The fraction of sp³-hybridized carbons (Fsp3) is 0.778. The number of nitrogens with one attached hydrogen (secondary N) is 1. The average molecular weight is 169 g/mol. The highest BCUT2D eigenvalue weighted by molar-refractivity contribution is 5.88. The molecule has 0 aromatic heterocycles. The van der Waals surface area contributed by atoms with Crippen molar-refractivity contribution in [1.82, 2.24) is 5.43 Å². The van der Waals surface area contributed by atoms with Gasteiger partial charge in [0, 0.05) is 12.8 Å². The number of rotatable bonds is 4. The topological polar surface area (TPSA) is 36.8 Å². The summed E-state index contributed by atoms with van der Waals surface area (Å²) < 4.78 is 0. The molecule has 0 aliphatic carbocycles. The van der Waals surface area contributed by atoms with Crippen LogP contribution in [-0.4, -0.2) is 19.1 Å². The molecule has 0 aromatic rings. The van der Waals surface area contributed by atoms with Gasteiger partial charge in [-0.1, -0.05) is 27.7 Å². The van der Waals surface area contributed by atoms with Gasteiger partial charge >= 0.3 is 0 Å². The molecule has 0 unspecified atom stereocenters. The fourth-order valence-corrected chi connectivity index (χ4v) is 1.09. The highest BCUT2D eigenvalue weighted by Gasteiger charge is 2.08. The summed E-state index contributed by atoms with van der Waals surface area (Å²) in [5, 5.41) is 4.23. The van der Waals surface area contributed by atoms with E-state index in [4.69, 9.17) is 0 Å². The summed E-state index contributed by atoms with van der Waals surface area (Å²) in [6, 6.07) is 0. The molecule has 0 bridgehead atoms. The monoisotopic (exact) mass is 169 g/mol. The number of hydrogen-bond donors (Lipinski definition) is 1. The summed E-state index contributed by atoms with van der Waals surface area (Å²) in [5.41, 5.74) is 3.97. The first kappa shape index (κ1) is 11.1. The van der Waals surface area contributed by atoms with E-state index in [1.54, 1.807) is 13.4 Å². The molecule has 0 radical (unpaired) electrons. The molecule has 0 atom stereocenters. The van der Waals surface area contributed by atoms with Crippen LogP contribution in [0.15, 0.2) is 10.1 Å². The molecular formula is C9H19N3. The van der Waals surface area contributed by atoms with Gasteiger partial charge in [0.25, 0.3) is 0 Å². The molecule has 0 spiro atoms. The van der Waals surface area contributed by atoms with Crippen molar-refractivity contribution < 1.29 is 0 Å². The average Bonchev–Trinajstić information content (AvgIpc) is 1.96. The third-order valence-electron chi connectivity index (χ3n) is 1.56.